The molecule has 5 nitrogen and oxygen atoms in total. The molecule has 5 heteroatoms. The van der Waals surface area contributed by atoms with Crippen LogP contribution in [0, 0.1) is 0 Å². The predicted molar refractivity (Wildman–Crippen MR) is 102 cm³/mol. The average Bonchev–Trinajstić information content (AvgIpc) is 2.98. The monoisotopic (exact) mass is 339 g/mol. The van der Waals surface area contributed by atoms with E-state index in [0.29, 0.717) is 0 Å². The minimum Gasteiger partial charge on any atom is -0.355 e. The molecule has 1 unspecified atom stereocenters. The van der Waals surface area contributed by atoms with E-state index in [4.69, 9.17) is 0 Å². The molecular formula is C20H29N5. The van der Waals surface area contributed by atoms with E-state index < -0.39 is 0 Å². The summed E-state index contributed by atoms with van der Waals surface area (Å²) < 4.78 is 0. The molecule has 1 atom stereocenters. The number of rotatable bonds is 3. The van der Waals surface area contributed by atoms with Gasteiger partial charge in [0.25, 0.3) is 0 Å². The maximum atomic E-state index is 4.16. The van der Waals surface area contributed by atoms with Gasteiger partial charge < -0.3 is 15.1 Å². The molecule has 0 aromatic carbocycles. The molecule has 2 fully saturated rings. The Labute approximate surface area is 151 Å². The van der Waals surface area contributed by atoms with Crippen LogP contribution in [0.5, 0.6) is 0 Å². The predicted octanol–water partition coefficient (Wildman–Crippen LogP) is 2.06. The molecule has 134 valence electrons. The minimum absolute atomic E-state index is 0.772. The summed E-state index contributed by atoms with van der Waals surface area (Å²) in [6, 6.07) is 4.97. The first-order chi connectivity index (χ1) is 12.4. The number of allylic oxidation sites excluding steroid dienone is 2. The number of nitrogens with one attached hydrogen (secondary N) is 1. The van der Waals surface area contributed by atoms with Crippen LogP contribution >= 0.6 is 0 Å². The van der Waals surface area contributed by atoms with Gasteiger partial charge in [0.15, 0.2) is 0 Å². The second-order valence-electron chi connectivity index (χ2n) is 7.13. The van der Waals surface area contributed by atoms with E-state index in [-0.39, 0.29) is 0 Å². The molecule has 0 bridgehead atoms. The van der Waals surface area contributed by atoms with Crippen molar-refractivity contribution in [3.63, 3.8) is 0 Å². The summed E-state index contributed by atoms with van der Waals surface area (Å²) in [5.41, 5.74) is 1.22. The summed E-state index contributed by atoms with van der Waals surface area (Å²) in [6.45, 7) is 7.89. The molecule has 4 heterocycles. The Kier molecular flexibility index (Phi) is 5.33. The van der Waals surface area contributed by atoms with Crippen LogP contribution in [-0.4, -0.2) is 66.6 Å². The molecule has 0 amide bonds. The highest BCUT2D eigenvalue weighted by molar-refractivity contribution is 5.53. The van der Waals surface area contributed by atoms with Crippen molar-refractivity contribution in [1.29, 1.82) is 0 Å². The molecule has 4 rings (SSSR count). The normalized spacial score (nSPS) is 25.6. The van der Waals surface area contributed by atoms with Crippen molar-refractivity contribution in [2.45, 2.75) is 25.3 Å². The summed E-state index contributed by atoms with van der Waals surface area (Å²) in [6.07, 6.45) is 14.4. The number of aromatic nitrogens is 1. The van der Waals surface area contributed by atoms with Gasteiger partial charge >= 0.3 is 0 Å². The SMILES string of the molecule is C1=CCN(c2ccncc2)C(N2CCN(C3CCCNCC3)CC2)=C1. The quantitative estimate of drug-likeness (QED) is 0.912. The maximum absolute atomic E-state index is 4.16. The van der Waals surface area contributed by atoms with Crippen LogP contribution in [0.1, 0.15) is 19.3 Å². The van der Waals surface area contributed by atoms with Crippen LogP contribution in [0.15, 0.2) is 48.6 Å². The van der Waals surface area contributed by atoms with Crippen LogP contribution in [0.2, 0.25) is 0 Å². The summed E-state index contributed by atoms with van der Waals surface area (Å²) in [5, 5.41) is 3.54. The summed E-state index contributed by atoms with van der Waals surface area (Å²) in [7, 11) is 0. The second-order valence-corrected chi connectivity index (χ2v) is 7.13. The number of anilines is 1. The standard InChI is InChI=1S/C20H29N5/c1-2-13-25(19-7-11-22-12-8-19)20(5-1)24-16-14-23(15-17-24)18-4-3-9-21-10-6-18/h1-2,5,7-8,11-12,18,21H,3-4,6,9-10,13-17H2. The van der Waals surface area contributed by atoms with Gasteiger partial charge in [-0.2, -0.15) is 0 Å². The van der Waals surface area contributed by atoms with Crippen molar-refractivity contribution in [1.82, 2.24) is 20.1 Å². The fourth-order valence-corrected chi connectivity index (χ4v) is 4.22. The molecule has 1 aromatic rings. The van der Waals surface area contributed by atoms with Crippen LogP contribution in [-0.2, 0) is 0 Å². The Balaban J connectivity index is 1.40. The van der Waals surface area contributed by atoms with E-state index in [9.17, 15) is 0 Å². The third kappa shape index (κ3) is 3.88. The highest BCUT2D eigenvalue weighted by Gasteiger charge is 2.27. The van der Waals surface area contributed by atoms with Crippen molar-refractivity contribution >= 4 is 5.69 Å². The highest BCUT2D eigenvalue weighted by Crippen LogP contribution is 2.25. The first-order valence-corrected chi connectivity index (χ1v) is 9.66. The topological polar surface area (TPSA) is 34.6 Å². The lowest BCUT2D eigenvalue weighted by molar-refractivity contribution is 0.107. The van der Waals surface area contributed by atoms with Crippen molar-refractivity contribution in [3.05, 3.63) is 48.6 Å². The van der Waals surface area contributed by atoms with E-state index >= 15 is 0 Å². The zero-order valence-corrected chi connectivity index (χ0v) is 15.0. The first-order valence-electron chi connectivity index (χ1n) is 9.66. The van der Waals surface area contributed by atoms with Gasteiger partial charge in [0, 0.05) is 56.8 Å². The molecule has 3 aliphatic heterocycles. The van der Waals surface area contributed by atoms with Crippen molar-refractivity contribution in [2.75, 3.05) is 50.7 Å². The second kappa shape index (κ2) is 8.02. The Morgan fingerprint density at radius 3 is 2.68 bits per heavy atom. The first kappa shape index (κ1) is 16.6. The van der Waals surface area contributed by atoms with Crippen molar-refractivity contribution < 1.29 is 0 Å². The van der Waals surface area contributed by atoms with E-state index in [1.807, 2.05) is 12.4 Å². The molecule has 0 saturated carbocycles. The van der Waals surface area contributed by atoms with Gasteiger partial charge in [0.1, 0.15) is 5.82 Å². The molecule has 25 heavy (non-hydrogen) atoms. The molecule has 1 N–H and O–H groups in total. The maximum Gasteiger partial charge on any atom is 0.109 e. The lowest BCUT2D eigenvalue weighted by Gasteiger charge is -2.44. The van der Waals surface area contributed by atoms with Crippen molar-refractivity contribution in [2.24, 2.45) is 0 Å². The smallest absolute Gasteiger partial charge is 0.109 e. The zero-order chi connectivity index (χ0) is 16.9. The molecular weight excluding hydrogens is 310 g/mol. The third-order valence-corrected chi connectivity index (χ3v) is 5.62. The molecule has 1 aromatic heterocycles. The van der Waals surface area contributed by atoms with Gasteiger partial charge in [-0.1, -0.05) is 12.2 Å². The third-order valence-electron chi connectivity index (χ3n) is 5.62. The van der Waals surface area contributed by atoms with Gasteiger partial charge in [-0.15, -0.1) is 0 Å². The van der Waals surface area contributed by atoms with Gasteiger partial charge in [-0.3, -0.25) is 9.88 Å². The van der Waals surface area contributed by atoms with E-state index in [1.54, 1.807) is 0 Å². The van der Waals surface area contributed by atoms with Crippen LogP contribution in [0.3, 0.4) is 0 Å². The van der Waals surface area contributed by atoms with Gasteiger partial charge in [0.2, 0.25) is 0 Å². The summed E-state index contributed by atoms with van der Waals surface area (Å²) in [4.78, 5) is 11.8. The summed E-state index contributed by atoms with van der Waals surface area (Å²) in [5.74, 6) is 1.33. The van der Waals surface area contributed by atoms with E-state index in [0.717, 1.165) is 25.7 Å². The van der Waals surface area contributed by atoms with Crippen LogP contribution in [0.25, 0.3) is 0 Å². The molecule has 3 aliphatic rings. The number of piperazine rings is 1. The average molecular weight is 339 g/mol. The van der Waals surface area contributed by atoms with E-state index in [1.165, 1.54) is 56.9 Å². The highest BCUT2D eigenvalue weighted by atomic mass is 15.4. The Hall–Kier alpha value is -1.85. The Morgan fingerprint density at radius 2 is 1.84 bits per heavy atom. The fourth-order valence-electron chi connectivity index (χ4n) is 4.22. The number of hydrogen-bond acceptors (Lipinski definition) is 5. The van der Waals surface area contributed by atoms with E-state index in [2.05, 4.69) is 55.4 Å². The van der Waals surface area contributed by atoms with Crippen molar-refractivity contribution in [3.8, 4) is 0 Å². The number of pyridine rings is 1. The molecule has 2 saturated heterocycles. The minimum atomic E-state index is 0.772. The van der Waals surface area contributed by atoms with Gasteiger partial charge in [-0.05, 0) is 50.6 Å². The number of hydrogen-bond donors (Lipinski definition) is 1. The lowest BCUT2D eigenvalue weighted by atomic mass is 10.1. The largest absolute Gasteiger partial charge is 0.355 e. The number of nitrogens with zero attached hydrogens (tertiary/aromatic N) is 4. The Morgan fingerprint density at radius 1 is 1.00 bits per heavy atom. The Bertz CT molecular complexity index is 596. The molecule has 0 aliphatic carbocycles. The van der Waals surface area contributed by atoms with Gasteiger partial charge in [0.05, 0.1) is 0 Å². The zero-order valence-electron chi connectivity index (χ0n) is 15.0. The van der Waals surface area contributed by atoms with Crippen LogP contribution < -0.4 is 10.2 Å². The lowest BCUT2D eigenvalue weighted by Crippen LogP contribution is -2.52. The molecule has 0 radical (unpaired) electrons. The molecule has 0 spiro atoms. The fraction of sp³-hybridized carbons (Fsp3) is 0.550. The summed E-state index contributed by atoms with van der Waals surface area (Å²) >= 11 is 0. The van der Waals surface area contributed by atoms with Crippen LogP contribution in [0.4, 0.5) is 5.69 Å². The van der Waals surface area contributed by atoms with Gasteiger partial charge in [-0.25, -0.2) is 0 Å².